The van der Waals surface area contributed by atoms with Crippen LogP contribution in [0.5, 0.6) is 11.5 Å². The van der Waals surface area contributed by atoms with Gasteiger partial charge in [-0.15, -0.1) is 0 Å². The standard InChI is InChI=1S/C70H72N4O/c1-43(2)55-38-51(47-22-14-13-15-23-47)39-56(44(3)4)65(55)73-63-30-18-16-28-61(63)71-67(73)49-24-20-26-53(36-49)75-54-27-21-25-50(37-54)68-72-62-29-17-19-31-64(62)74(68)66-57(45(5)6)40-52(41-58(66)46(7)8)48-32-33-59-60(42-48)70(11,12)35-34-69(59,9)10/h13-33,36-46H,34-35H2,1-12H3. The fraction of sp³-hybridized carbons (Fsp3) is 0.286. The highest BCUT2D eigenvalue weighted by Crippen LogP contribution is 2.48. The van der Waals surface area contributed by atoms with Crippen molar-refractivity contribution in [3.05, 3.63) is 203 Å². The van der Waals surface area contributed by atoms with Crippen LogP contribution in [0.1, 0.15) is 153 Å². The van der Waals surface area contributed by atoms with Gasteiger partial charge in [-0.2, -0.15) is 0 Å². The van der Waals surface area contributed by atoms with Gasteiger partial charge in [0.1, 0.15) is 23.1 Å². The van der Waals surface area contributed by atoms with Crippen LogP contribution in [-0.2, 0) is 10.8 Å². The normalized spacial score (nSPS) is 14.2. The van der Waals surface area contributed by atoms with Crippen molar-refractivity contribution in [2.24, 2.45) is 0 Å². The van der Waals surface area contributed by atoms with Crippen LogP contribution in [0.3, 0.4) is 0 Å². The first-order valence-electron chi connectivity index (χ1n) is 27.4. The van der Waals surface area contributed by atoms with Gasteiger partial charge in [0, 0.05) is 11.1 Å². The topological polar surface area (TPSA) is 44.9 Å². The molecule has 0 unspecified atom stereocenters. The van der Waals surface area contributed by atoms with Gasteiger partial charge in [-0.1, -0.05) is 180 Å². The lowest BCUT2D eigenvalue weighted by molar-refractivity contribution is 0.332. The summed E-state index contributed by atoms with van der Waals surface area (Å²) < 4.78 is 11.7. The van der Waals surface area contributed by atoms with Gasteiger partial charge in [0.05, 0.1) is 33.4 Å². The Labute approximate surface area is 445 Å². The number of benzene rings is 8. The molecular formula is C70H72N4O. The van der Waals surface area contributed by atoms with E-state index in [9.17, 15) is 0 Å². The lowest BCUT2D eigenvalue weighted by Gasteiger charge is -2.42. The molecule has 1 aliphatic rings. The van der Waals surface area contributed by atoms with Gasteiger partial charge in [-0.25, -0.2) is 9.97 Å². The number of hydrogen-bond donors (Lipinski definition) is 0. The quantitative estimate of drug-likeness (QED) is 0.123. The highest BCUT2D eigenvalue weighted by Gasteiger charge is 2.37. The molecule has 1 aliphatic carbocycles. The number of ether oxygens (including phenoxy) is 1. The van der Waals surface area contributed by atoms with Crippen LogP contribution in [0.4, 0.5) is 0 Å². The van der Waals surface area contributed by atoms with Crippen molar-refractivity contribution in [2.75, 3.05) is 0 Å². The van der Waals surface area contributed by atoms with Crippen molar-refractivity contribution in [3.63, 3.8) is 0 Å². The van der Waals surface area contributed by atoms with Crippen molar-refractivity contribution < 1.29 is 4.74 Å². The second-order valence-corrected chi connectivity index (χ2v) is 23.7. The third kappa shape index (κ3) is 9.09. The Balaban J connectivity index is 1.01. The molecule has 5 heteroatoms. The van der Waals surface area contributed by atoms with E-state index >= 15 is 0 Å². The van der Waals surface area contributed by atoms with E-state index in [1.54, 1.807) is 0 Å². The zero-order chi connectivity index (χ0) is 52.5. The maximum absolute atomic E-state index is 6.91. The smallest absolute Gasteiger partial charge is 0.145 e. The first kappa shape index (κ1) is 49.7. The molecule has 0 atom stereocenters. The predicted octanol–water partition coefficient (Wildman–Crippen LogP) is 19.7. The lowest BCUT2D eigenvalue weighted by Crippen LogP contribution is -2.33. The first-order valence-corrected chi connectivity index (χ1v) is 27.4. The third-order valence-corrected chi connectivity index (χ3v) is 16.1. The van der Waals surface area contributed by atoms with Crippen LogP contribution < -0.4 is 4.74 Å². The Kier molecular flexibility index (Phi) is 12.8. The number of imidazole rings is 2. The number of rotatable bonds is 12. The highest BCUT2D eigenvalue weighted by molar-refractivity contribution is 5.87. The second kappa shape index (κ2) is 19.3. The minimum atomic E-state index is 0.124. The maximum Gasteiger partial charge on any atom is 0.145 e. The average Bonchev–Trinajstić information content (AvgIpc) is 4.03. The van der Waals surface area contributed by atoms with Crippen LogP contribution in [0, 0.1) is 0 Å². The Morgan fingerprint density at radius 1 is 0.373 bits per heavy atom. The fourth-order valence-electron chi connectivity index (χ4n) is 11.8. The Morgan fingerprint density at radius 3 is 1.23 bits per heavy atom. The van der Waals surface area contributed by atoms with E-state index in [0.29, 0.717) is 0 Å². The van der Waals surface area contributed by atoms with Crippen LogP contribution in [0.25, 0.3) is 78.5 Å². The highest BCUT2D eigenvalue weighted by atomic mass is 16.5. The number of aromatic nitrogens is 4. The molecule has 75 heavy (non-hydrogen) atoms. The van der Waals surface area contributed by atoms with Gasteiger partial charge >= 0.3 is 0 Å². The van der Waals surface area contributed by atoms with Gasteiger partial charge < -0.3 is 4.74 Å². The molecule has 0 saturated carbocycles. The van der Waals surface area contributed by atoms with Crippen LogP contribution in [-0.4, -0.2) is 19.1 Å². The molecule has 0 amide bonds. The largest absolute Gasteiger partial charge is 0.457 e. The molecule has 10 aromatic rings. The average molecular weight is 985 g/mol. The molecular weight excluding hydrogens is 913 g/mol. The zero-order valence-electron chi connectivity index (χ0n) is 46.1. The summed E-state index contributed by atoms with van der Waals surface area (Å²) >= 11 is 0. The first-order chi connectivity index (χ1) is 36.0. The summed E-state index contributed by atoms with van der Waals surface area (Å²) in [5.41, 5.74) is 21.9. The van der Waals surface area contributed by atoms with E-state index in [1.165, 1.54) is 79.9 Å². The van der Waals surface area contributed by atoms with E-state index in [-0.39, 0.29) is 34.5 Å². The van der Waals surface area contributed by atoms with E-state index in [1.807, 2.05) is 12.1 Å². The molecule has 11 rings (SSSR count). The van der Waals surface area contributed by atoms with Crippen molar-refractivity contribution in [1.82, 2.24) is 19.1 Å². The van der Waals surface area contributed by atoms with Crippen molar-refractivity contribution in [3.8, 4) is 67.9 Å². The summed E-state index contributed by atoms with van der Waals surface area (Å²) in [5, 5.41) is 0. The Hall–Kier alpha value is -7.50. The van der Waals surface area contributed by atoms with Gasteiger partial charge in [-0.3, -0.25) is 9.13 Å². The van der Waals surface area contributed by atoms with E-state index in [2.05, 4.69) is 250 Å². The Morgan fingerprint density at radius 2 is 0.773 bits per heavy atom. The van der Waals surface area contributed by atoms with Gasteiger partial charge in [0.25, 0.3) is 0 Å². The van der Waals surface area contributed by atoms with Crippen molar-refractivity contribution in [1.29, 1.82) is 0 Å². The van der Waals surface area contributed by atoms with Crippen molar-refractivity contribution >= 4 is 22.1 Å². The SMILES string of the molecule is CC(C)c1cc(-c2ccccc2)cc(C(C)C)c1-n1c(-c2cccc(Oc3cccc(-c4nc5ccccc5n4-c4c(C(C)C)cc(-c5ccc6c(c5)C(C)(C)CCC6(C)C)cc4C(C)C)c3)c2)nc2ccccc21. The second-order valence-electron chi connectivity index (χ2n) is 23.7. The summed E-state index contributed by atoms with van der Waals surface area (Å²) in [6.07, 6.45) is 2.39. The molecule has 2 aromatic heterocycles. The lowest BCUT2D eigenvalue weighted by atomic mass is 9.63. The Bertz CT molecular complexity index is 3710. The molecule has 8 aromatic carbocycles. The van der Waals surface area contributed by atoms with Gasteiger partial charge in [-0.05, 0) is 176 Å². The van der Waals surface area contributed by atoms with E-state index < -0.39 is 0 Å². The molecule has 0 spiro atoms. The van der Waals surface area contributed by atoms with Crippen LogP contribution in [0.2, 0.25) is 0 Å². The summed E-state index contributed by atoms with van der Waals surface area (Å²) in [6.45, 7) is 28.2. The van der Waals surface area contributed by atoms with Gasteiger partial charge in [0.2, 0.25) is 0 Å². The maximum atomic E-state index is 6.91. The van der Waals surface area contributed by atoms with E-state index in [4.69, 9.17) is 14.7 Å². The van der Waals surface area contributed by atoms with Gasteiger partial charge in [0.15, 0.2) is 0 Å². The molecule has 0 bridgehead atoms. The zero-order valence-corrected chi connectivity index (χ0v) is 46.1. The number of para-hydroxylation sites is 4. The predicted molar refractivity (Wildman–Crippen MR) is 316 cm³/mol. The summed E-state index contributed by atoms with van der Waals surface area (Å²) in [6, 6.07) is 61.7. The fourth-order valence-corrected chi connectivity index (χ4v) is 11.8. The molecule has 0 saturated heterocycles. The molecule has 0 aliphatic heterocycles. The monoisotopic (exact) mass is 985 g/mol. The molecule has 2 heterocycles. The molecule has 5 nitrogen and oxygen atoms in total. The third-order valence-electron chi connectivity index (χ3n) is 16.1. The number of nitrogens with zero attached hydrogens (tertiary/aromatic N) is 4. The van der Waals surface area contributed by atoms with Crippen LogP contribution >= 0.6 is 0 Å². The van der Waals surface area contributed by atoms with Crippen molar-refractivity contribution in [2.45, 2.75) is 130 Å². The number of fused-ring (bicyclic) bond motifs is 3. The van der Waals surface area contributed by atoms with Crippen LogP contribution in [0.15, 0.2) is 170 Å². The summed E-state index contributed by atoms with van der Waals surface area (Å²) in [4.78, 5) is 10.8. The molecule has 378 valence electrons. The molecule has 0 radical (unpaired) electrons. The number of hydrogen-bond acceptors (Lipinski definition) is 3. The minimum Gasteiger partial charge on any atom is -0.457 e. The van der Waals surface area contributed by atoms with E-state index in [0.717, 1.165) is 56.3 Å². The summed E-state index contributed by atoms with van der Waals surface area (Å²) in [5.74, 6) is 4.26. The summed E-state index contributed by atoms with van der Waals surface area (Å²) in [7, 11) is 0. The molecule has 0 N–H and O–H groups in total. The minimum absolute atomic E-state index is 0.124. The molecule has 0 fully saturated rings.